The number of likely N-dealkylation sites (N-methyl/N-ethyl adjacent to an activating group) is 1. The van der Waals surface area contributed by atoms with Crippen molar-refractivity contribution in [3.05, 3.63) is 52.8 Å². The maximum atomic E-state index is 13.1. The van der Waals surface area contributed by atoms with E-state index in [2.05, 4.69) is 58.9 Å². The number of carbonyl (C=O) groups excluding carboxylic acids is 1. The molecule has 5 heteroatoms. The smallest absolute Gasteiger partial charge is 0.240 e. The predicted octanol–water partition coefficient (Wildman–Crippen LogP) is 2.33. The van der Waals surface area contributed by atoms with Crippen molar-refractivity contribution in [2.75, 3.05) is 19.6 Å². The van der Waals surface area contributed by atoms with E-state index < -0.39 is 0 Å². The van der Waals surface area contributed by atoms with Gasteiger partial charge in [0.1, 0.15) is 0 Å². The van der Waals surface area contributed by atoms with Crippen molar-refractivity contribution < 1.29 is 4.79 Å². The first-order valence-electron chi connectivity index (χ1n) is 9.19. The first-order valence-corrected chi connectivity index (χ1v) is 9.19. The summed E-state index contributed by atoms with van der Waals surface area (Å²) in [6.07, 6.45) is 0.823. The molecule has 3 heterocycles. The molecular weight excluding hydrogens is 312 g/mol. The highest BCUT2D eigenvalue weighted by atomic mass is 16.2. The molecule has 132 valence electrons. The Morgan fingerprint density at radius 2 is 1.92 bits per heavy atom. The van der Waals surface area contributed by atoms with Crippen molar-refractivity contribution in [3.8, 4) is 0 Å². The monoisotopic (exact) mass is 338 g/mol. The number of aromatic nitrogens is 2. The second-order valence-corrected chi connectivity index (χ2v) is 7.32. The second kappa shape index (κ2) is 6.30. The fourth-order valence-corrected chi connectivity index (χ4v) is 4.17. The van der Waals surface area contributed by atoms with Gasteiger partial charge in [-0.3, -0.25) is 14.4 Å². The van der Waals surface area contributed by atoms with Gasteiger partial charge >= 0.3 is 0 Å². The molecule has 0 spiro atoms. The molecule has 0 aliphatic carbocycles. The Hall–Kier alpha value is -2.14. The second-order valence-electron chi connectivity index (χ2n) is 7.32. The average molecular weight is 338 g/mol. The lowest BCUT2D eigenvalue weighted by atomic mass is 9.92. The summed E-state index contributed by atoms with van der Waals surface area (Å²) >= 11 is 0. The molecule has 0 N–H and O–H groups in total. The van der Waals surface area contributed by atoms with Gasteiger partial charge in [-0.15, -0.1) is 0 Å². The number of fused-ring (bicyclic) bond motifs is 1. The first kappa shape index (κ1) is 16.3. The summed E-state index contributed by atoms with van der Waals surface area (Å²) in [5, 5.41) is 4.57. The van der Waals surface area contributed by atoms with Gasteiger partial charge in [-0.2, -0.15) is 5.10 Å². The highest BCUT2D eigenvalue weighted by Gasteiger charge is 2.39. The maximum Gasteiger partial charge on any atom is 0.240 e. The zero-order chi connectivity index (χ0) is 17.6. The number of hydrogen-bond acceptors (Lipinski definition) is 3. The number of benzene rings is 1. The van der Waals surface area contributed by atoms with E-state index in [0.29, 0.717) is 6.04 Å². The Morgan fingerprint density at radius 3 is 2.56 bits per heavy atom. The lowest BCUT2D eigenvalue weighted by molar-refractivity contribution is -0.143. The van der Waals surface area contributed by atoms with E-state index in [-0.39, 0.29) is 11.9 Å². The summed E-state index contributed by atoms with van der Waals surface area (Å²) in [4.78, 5) is 17.4. The molecule has 1 amide bonds. The number of likely N-dealkylation sites (tertiary alicyclic amines) is 1. The molecule has 0 radical (unpaired) electrons. The quantitative estimate of drug-likeness (QED) is 0.862. The summed E-state index contributed by atoms with van der Waals surface area (Å²) in [5.74, 6) is 0.272. The molecule has 0 bridgehead atoms. The Balaban J connectivity index is 1.46. The lowest BCUT2D eigenvalue weighted by Crippen LogP contribution is -2.58. The van der Waals surface area contributed by atoms with Gasteiger partial charge in [-0.05, 0) is 44.0 Å². The van der Waals surface area contributed by atoms with Crippen molar-refractivity contribution >= 4 is 5.91 Å². The van der Waals surface area contributed by atoms with Gasteiger partial charge in [0.2, 0.25) is 5.91 Å². The highest BCUT2D eigenvalue weighted by Crippen LogP contribution is 2.28. The Kier molecular flexibility index (Phi) is 4.12. The average Bonchev–Trinajstić information content (AvgIpc) is 2.90. The molecule has 5 nitrogen and oxygen atoms in total. The molecule has 1 aromatic carbocycles. The van der Waals surface area contributed by atoms with Crippen LogP contribution in [0, 0.1) is 13.8 Å². The van der Waals surface area contributed by atoms with Gasteiger partial charge in [0.25, 0.3) is 0 Å². The minimum atomic E-state index is -0.0266. The lowest BCUT2D eigenvalue weighted by Gasteiger charge is -2.44. The van der Waals surface area contributed by atoms with Crippen LogP contribution in [0.15, 0.2) is 30.3 Å². The van der Waals surface area contributed by atoms with Crippen molar-refractivity contribution in [2.45, 2.75) is 45.8 Å². The maximum absolute atomic E-state index is 13.1. The van der Waals surface area contributed by atoms with Crippen LogP contribution in [0.5, 0.6) is 0 Å². The SMILES string of the molecule is CCN1Cc2ccccc2C[C@H]1C(=O)N1CC(n2nc(C)cc2C)C1. The fourth-order valence-electron chi connectivity index (χ4n) is 4.17. The van der Waals surface area contributed by atoms with Crippen molar-refractivity contribution in [2.24, 2.45) is 0 Å². The van der Waals surface area contributed by atoms with Crippen LogP contribution in [0.2, 0.25) is 0 Å². The summed E-state index contributed by atoms with van der Waals surface area (Å²) in [6, 6.07) is 10.9. The summed E-state index contributed by atoms with van der Waals surface area (Å²) in [6.45, 7) is 9.57. The third kappa shape index (κ3) is 2.86. The molecule has 1 atom stereocenters. The number of amides is 1. The predicted molar refractivity (Wildman–Crippen MR) is 97.3 cm³/mol. The topological polar surface area (TPSA) is 41.4 Å². The molecule has 1 fully saturated rings. The summed E-state index contributed by atoms with van der Waals surface area (Å²) in [5.41, 5.74) is 4.90. The van der Waals surface area contributed by atoms with E-state index in [1.165, 1.54) is 16.8 Å². The summed E-state index contributed by atoms with van der Waals surface area (Å²) < 4.78 is 2.08. The molecular formula is C20H26N4O. The highest BCUT2D eigenvalue weighted by molar-refractivity contribution is 5.83. The summed E-state index contributed by atoms with van der Waals surface area (Å²) in [7, 11) is 0. The van der Waals surface area contributed by atoms with Crippen LogP contribution < -0.4 is 0 Å². The number of aryl methyl sites for hydroxylation is 2. The number of rotatable bonds is 3. The van der Waals surface area contributed by atoms with Gasteiger partial charge in [0.15, 0.2) is 0 Å². The van der Waals surface area contributed by atoms with Crippen LogP contribution in [0.25, 0.3) is 0 Å². The minimum Gasteiger partial charge on any atom is -0.337 e. The third-order valence-corrected chi connectivity index (χ3v) is 5.60. The molecule has 2 aliphatic rings. The fraction of sp³-hybridized carbons (Fsp3) is 0.500. The van der Waals surface area contributed by atoms with E-state index in [4.69, 9.17) is 0 Å². The van der Waals surface area contributed by atoms with Crippen LogP contribution in [-0.2, 0) is 17.8 Å². The molecule has 1 aromatic heterocycles. The van der Waals surface area contributed by atoms with Crippen LogP contribution in [0.3, 0.4) is 0 Å². The number of hydrogen-bond donors (Lipinski definition) is 0. The zero-order valence-electron chi connectivity index (χ0n) is 15.3. The normalized spacial score (nSPS) is 21.1. The Morgan fingerprint density at radius 1 is 1.20 bits per heavy atom. The van der Waals surface area contributed by atoms with Crippen molar-refractivity contribution in [1.29, 1.82) is 0 Å². The largest absolute Gasteiger partial charge is 0.337 e. The van der Waals surface area contributed by atoms with Gasteiger partial charge < -0.3 is 4.90 Å². The molecule has 0 saturated carbocycles. The standard InChI is InChI=1S/C20H26N4O/c1-4-22-11-17-8-6-5-7-16(17)10-19(22)20(25)23-12-18(13-23)24-15(3)9-14(2)21-24/h5-9,18-19H,4,10-13H2,1-3H3/t19-/m0/s1. The van der Waals surface area contributed by atoms with Gasteiger partial charge in [-0.1, -0.05) is 31.2 Å². The number of carbonyl (C=O) groups is 1. The van der Waals surface area contributed by atoms with Crippen LogP contribution >= 0.6 is 0 Å². The van der Waals surface area contributed by atoms with E-state index >= 15 is 0 Å². The third-order valence-electron chi connectivity index (χ3n) is 5.60. The van der Waals surface area contributed by atoms with Crippen LogP contribution in [0.1, 0.15) is 35.5 Å². The van der Waals surface area contributed by atoms with E-state index in [1.54, 1.807) is 0 Å². The van der Waals surface area contributed by atoms with Gasteiger partial charge in [0.05, 0.1) is 17.8 Å². The molecule has 2 aromatic rings. The van der Waals surface area contributed by atoms with E-state index in [9.17, 15) is 4.79 Å². The molecule has 0 unspecified atom stereocenters. The van der Waals surface area contributed by atoms with E-state index in [0.717, 1.165) is 38.3 Å². The van der Waals surface area contributed by atoms with Gasteiger partial charge in [0, 0.05) is 25.3 Å². The molecule has 2 aliphatic heterocycles. The minimum absolute atomic E-state index is 0.0266. The zero-order valence-corrected chi connectivity index (χ0v) is 15.3. The molecule has 1 saturated heterocycles. The van der Waals surface area contributed by atoms with Crippen LogP contribution in [-0.4, -0.2) is 51.2 Å². The number of nitrogens with zero attached hydrogens (tertiary/aromatic N) is 4. The molecule has 4 rings (SSSR count). The molecule has 25 heavy (non-hydrogen) atoms. The van der Waals surface area contributed by atoms with E-state index in [1.807, 2.05) is 11.8 Å². The Labute approximate surface area is 149 Å². The van der Waals surface area contributed by atoms with Crippen molar-refractivity contribution in [1.82, 2.24) is 19.6 Å². The van der Waals surface area contributed by atoms with Crippen molar-refractivity contribution in [3.63, 3.8) is 0 Å². The Bertz CT molecular complexity index is 791. The van der Waals surface area contributed by atoms with Crippen LogP contribution in [0.4, 0.5) is 0 Å². The first-order chi connectivity index (χ1) is 12.1. The van der Waals surface area contributed by atoms with Gasteiger partial charge in [-0.25, -0.2) is 0 Å².